The molecule has 1 aliphatic heterocycles. The number of rotatable bonds is 10. The van der Waals surface area contributed by atoms with Crippen LogP contribution in [0.5, 0.6) is 11.5 Å². The molecule has 0 saturated carbocycles. The normalized spacial score (nSPS) is 22.6. The molecule has 0 bridgehead atoms. The summed E-state index contributed by atoms with van der Waals surface area (Å²) in [5.74, 6) is 0.468. The Morgan fingerprint density at radius 2 is 1.48 bits per heavy atom. The van der Waals surface area contributed by atoms with Crippen molar-refractivity contribution in [3.05, 3.63) is 81.4 Å². The highest BCUT2D eigenvalue weighted by molar-refractivity contribution is 5.39. The van der Waals surface area contributed by atoms with Crippen molar-refractivity contribution in [1.82, 2.24) is 0 Å². The summed E-state index contributed by atoms with van der Waals surface area (Å²) in [6, 6.07) is 11.4. The summed E-state index contributed by atoms with van der Waals surface area (Å²) in [4.78, 5) is 21.1. The van der Waals surface area contributed by atoms with Gasteiger partial charge in [0.15, 0.2) is 12.2 Å². The van der Waals surface area contributed by atoms with E-state index in [1.54, 1.807) is 18.2 Å². The third-order valence-electron chi connectivity index (χ3n) is 4.84. The minimum atomic E-state index is -0.805. The van der Waals surface area contributed by atoms with Gasteiger partial charge in [-0.2, -0.15) is 0 Å². The minimum Gasteiger partial charge on any atom is -0.483 e. The van der Waals surface area contributed by atoms with Crippen LogP contribution in [0, 0.1) is 20.2 Å². The van der Waals surface area contributed by atoms with E-state index in [2.05, 4.69) is 6.58 Å². The molecule has 1 fully saturated rings. The van der Waals surface area contributed by atoms with E-state index < -0.39 is 34.3 Å². The Balaban J connectivity index is 1.90. The van der Waals surface area contributed by atoms with Crippen molar-refractivity contribution in [2.75, 3.05) is 6.61 Å². The largest absolute Gasteiger partial charge is 0.483 e. The molecule has 164 valence electrons. The van der Waals surface area contributed by atoms with Gasteiger partial charge >= 0.3 is 0 Å². The lowest BCUT2D eigenvalue weighted by molar-refractivity contribution is -0.385. The number of nitrogens with zero attached hydrogens (tertiary/aromatic N) is 2. The van der Waals surface area contributed by atoms with E-state index in [1.807, 2.05) is 0 Å². The summed E-state index contributed by atoms with van der Waals surface area (Å²) in [7, 11) is 0. The van der Waals surface area contributed by atoms with Crippen LogP contribution in [0.1, 0.15) is 12.8 Å². The van der Waals surface area contributed by atoms with E-state index in [0.29, 0.717) is 12.8 Å². The van der Waals surface area contributed by atoms with Crippen LogP contribution < -0.4 is 9.47 Å². The van der Waals surface area contributed by atoms with Gasteiger partial charge in [0.2, 0.25) is 0 Å². The number of hydrogen-bond donors (Lipinski definition) is 1. The number of non-ortho nitro benzene ring substituents is 2. The maximum atomic E-state index is 11.1. The fraction of sp³-hybridized carbons (Fsp3) is 0.333. The predicted octanol–water partition coefficient (Wildman–Crippen LogP) is 3.42. The molecule has 10 nitrogen and oxygen atoms in total. The molecule has 1 saturated heterocycles. The lowest BCUT2D eigenvalue weighted by Gasteiger charge is -2.25. The topological polar surface area (TPSA) is 134 Å². The van der Waals surface area contributed by atoms with Crippen molar-refractivity contribution in [3.63, 3.8) is 0 Å². The number of nitro groups is 2. The van der Waals surface area contributed by atoms with E-state index in [0.717, 1.165) is 0 Å². The Kier molecular flexibility index (Phi) is 7.16. The Morgan fingerprint density at radius 1 is 0.968 bits per heavy atom. The van der Waals surface area contributed by atoms with Crippen molar-refractivity contribution in [2.45, 2.75) is 37.3 Å². The number of allylic oxidation sites excluding steroid dienone is 1. The van der Waals surface area contributed by atoms with Crippen LogP contribution in [0.3, 0.4) is 0 Å². The Labute approximate surface area is 178 Å². The van der Waals surface area contributed by atoms with Crippen molar-refractivity contribution in [2.24, 2.45) is 0 Å². The van der Waals surface area contributed by atoms with Gasteiger partial charge in [-0.25, -0.2) is 0 Å². The molecule has 0 amide bonds. The van der Waals surface area contributed by atoms with Crippen LogP contribution in [-0.4, -0.2) is 46.0 Å². The smallest absolute Gasteiger partial charge is 0.273 e. The van der Waals surface area contributed by atoms with Gasteiger partial charge in [-0.3, -0.25) is 20.2 Å². The molecule has 0 radical (unpaired) electrons. The summed E-state index contributed by atoms with van der Waals surface area (Å²) < 4.78 is 17.9. The third kappa shape index (κ3) is 5.36. The van der Waals surface area contributed by atoms with Gasteiger partial charge in [0.05, 0.1) is 34.7 Å². The second kappa shape index (κ2) is 10.0. The first-order valence-corrected chi connectivity index (χ1v) is 9.62. The van der Waals surface area contributed by atoms with Crippen LogP contribution in [0.4, 0.5) is 11.4 Å². The molecule has 2 aromatic carbocycles. The number of ether oxygens (including phenoxy) is 3. The van der Waals surface area contributed by atoms with E-state index in [9.17, 15) is 25.3 Å². The van der Waals surface area contributed by atoms with E-state index in [4.69, 9.17) is 14.2 Å². The molecule has 0 aromatic heterocycles. The fourth-order valence-electron chi connectivity index (χ4n) is 3.40. The zero-order valence-corrected chi connectivity index (χ0v) is 16.5. The lowest BCUT2D eigenvalue weighted by Crippen LogP contribution is -2.43. The summed E-state index contributed by atoms with van der Waals surface area (Å²) in [6.07, 6.45) is 0.0850. The summed E-state index contributed by atoms with van der Waals surface area (Å²) >= 11 is 0. The molecule has 2 aromatic rings. The monoisotopic (exact) mass is 430 g/mol. The fourth-order valence-corrected chi connectivity index (χ4v) is 3.40. The van der Waals surface area contributed by atoms with E-state index >= 15 is 0 Å². The first-order chi connectivity index (χ1) is 14.9. The number of hydrogen-bond acceptors (Lipinski definition) is 8. The van der Waals surface area contributed by atoms with Crippen molar-refractivity contribution in [3.8, 4) is 11.5 Å². The molecule has 0 aliphatic carbocycles. The van der Waals surface area contributed by atoms with Crippen LogP contribution in [-0.2, 0) is 4.74 Å². The first kappa shape index (κ1) is 22.2. The van der Waals surface area contributed by atoms with Crippen LogP contribution >= 0.6 is 0 Å². The van der Waals surface area contributed by atoms with Gasteiger partial charge in [0.1, 0.15) is 17.6 Å². The van der Waals surface area contributed by atoms with Crippen molar-refractivity contribution >= 4 is 11.4 Å². The third-order valence-corrected chi connectivity index (χ3v) is 4.84. The first-order valence-electron chi connectivity index (χ1n) is 9.62. The Morgan fingerprint density at radius 3 is 1.94 bits per heavy atom. The molecule has 10 heteroatoms. The summed E-state index contributed by atoms with van der Waals surface area (Å²) in [5.41, 5.74) is -0.273. The van der Waals surface area contributed by atoms with E-state index in [1.165, 1.54) is 36.4 Å². The molecule has 0 spiro atoms. The number of benzene rings is 2. The van der Waals surface area contributed by atoms with Crippen LogP contribution in [0.2, 0.25) is 0 Å². The van der Waals surface area contributed by atoms with Crippen molar-refractivity contribution < 1.29 is 29.2 Å². The van der Waals surface area contributed by atoms with Gasteiger partial charge in [-0.05, 0) is 25.0 Å². The standard InChI is InChI=1S/C21H22N2O8/c1-2-3-10-18-20(29-16-8-4-6-14(11-16)22(25)26)21(19(13-24)31-18)30-17-9-5-7-15(12-17)23(27)28/h2,4-9,11-12,18-21,24H,1,3,10,13H2. The zero-order valence-electron chi connectivity index (χ0n) is 16.5. The maximum Gasteiger partial charge on any atom is 0.273 e. The predicted molar refractivity (Wildman–Crippen MR) is 110 cm³/mol. The number of aliphatic hydroxyl groups is 1. The van der Waals surface area contributed by atoms with E-state index in [-0.39, 0.29) is 29.5 Å². The minimum absolute atomic E-state index is 0.131. The molecule has 3 rings (SSSR count). The SMILES string of the molecule is C=CCCC1OC(CO)C(Oc2cccc([N+](=O)[O-])c2)C1Oc1cccc([N+](=O)[O-])c1. The van der Waals surface area contributed by atoms with Gasteiger partial charge in [0, 0.05) is 12.1 Å². The van der Waals surface area contributed by atoms with Gasteiger partial charge < -0.3 is 19.3 Å². The number of nitro benzene ring substituents is 2. The van der Waals surface area contributed by atoms with Gasteiger partial charge in [-0.1, -0.05) is 18.2 Å². The highest BCUT2D eigenvalue weighted by Gasteiger charge is 2.47. The summed E-state index contributed by atoms with van der Waals surface area (Å²) in [5, 5.41) is 32.0. The lowest BCUT2D eigenvalue weighted by atomic mass is 10.0. The quantitative estimate of drug-likeness (QED) is 0.344. The van der Waals surface area contributed by atoms with Gasteiger partial charge in [-0.15, -0.1) is 6.58 Å². The molecular weight excluding hydrogens is 408 g/mol. The van der Waals surface area contributed by atoms with Gasteiger partial charge in [0.25, 0.3) is 11.4 Å². The summed E-state index contributed by atoms with van der Waals surface area (Å²) in [6.45, 7) is 3.34. The highest BCUT2D eigenvalue weighted by Crippen LogP contribution is 2.33. The van der Waals surface area contributed by atoms with Crippen LogP contribution in [0.25, 0.3) is 0 Å². The molecule has 4 unspecified atom stereocenters. The zero-order chi connectivity index (χ0) is 22.4. The maximum absolute atomic E-state index is 11.1. The highest BCUT2D eigenvalue weighted by atomic mass is 16.6. The molecule has 31 heavy (non-hydrogen) atoms. The average molecular weight is 430 g/mol. The average Bonchev–Trinajstić information content (AvgIpc) is 3.08. The number of aliphatic hydroxyl groups excluding tert-OH is 1. The Hall–Kier alpha value is -3.50. The molecule has 1 aliphatic rings. The molecule has 1 heterocycles. The van der Waals surface area contributed by atoms with Crippen LogP contribution in [0.15, 0.2) is 61.2 Å². The Bertz CT molecular complexity index is 950. The molecule has 4 atom stereocenters. The molecular formula is C21H22N2O8. The van der Waals surface area contributed by atoms with Crippen molar-refractivity contribution in [1.29, 1.82) is 0 Å². The molecule has 1 N–H and O–H groups in total. The second-order valence-electron chi connectivity index (χ2n) is 6.94. The second-order valence-corrected chi connectivity index (χ2v) is 6.94.